The maximum absolute atomic E-state index is 10.4. The summed E-state index contributed by atoms with van der Waals surface area (Å²) in [7, 11) is 0. The number of para-hydroxylation sites is 1. The largest absolute Gasteiger partial charge is 0.489 e. The summed E-state index contributed by atoms with van der Waals surface area (Å²) in [6.07, 6.45) is -0.284. The standard InChI is InChI=1S/C10H11IO3/c1-7(6-10(12)13)14-9-5-3-2-4-8(9)11/h2-5,7H,6H2,1H3,(H,12,13)/t7-/m0/s1. The molecule has 0 saturated heterocycles. The van der Waals surface area contributed by atoms with E-state index in [0.717, 1.165) is 9.32 Å². The highest BCUT2D eigenvalue weighted by Crippen LogP contribution is 2.21. The number of ether oxygens (including phenoxy) is 1. The number of rotatable bonds is 4. The van der Waals surface area contributed by atoms with Gasteiger partial charge >= 0.3 is 5.97 Å². The molecule has 0 saturated carbocycles. The van der Waals surface area contributed by atoms with E-state index in [1.165, 1.54) is 0 Å². The Balaban J connectivity index is 2.60. The molecule has 0 spiro atoms. The summed E-state index contributed by atoms with van der Waals surface area (Å²) in [4.78, 5) is 10.4. The van der Waals surface area contributed by atoms with Crippen LogP contribution in [0.3, 0.4) is 0 Å². The van der Waals surface area contributed by atoms with Gasteiger partial charge in [0.2, 0.25) is 0 Å². The molecule has 1 N–H and O–H groups in total. The summed E-state index contributed by atoms with van der Waals surface area (Å²) in [5.74, 6) is -0.106. The first-order valence-electron chi connectivity index (χ1n) is 4.22. The zero-order valence-corrected chi connectivity index (χ0v) is 9.89. The molecule has 1 rings (SSSR count). The lowest BCUT2D eigenvalue weighted by molar-refractivity contribution is -0.138. The second kappa shape index (κ2) is 5.19. The highest BCUT2D eigenvalue weighted by Gasteiger charge is 2.10. The Morgan fingerprint density at radius 2 is 2.21 bits per heavy atom. The maximum atomic E-state index is 10.4. The molecule has 0 heterocycles. The number of benzene rings is 1. The van der Waals surface area contributed by atoms with Gasteiger partial charge in [0.1, 0.15) is 11.9 Å². The SMILES string of the molecule is C[C@@H](CC(=O)O)Oc1ccccc1I. The van der Waals surface area contributed by atoms with Gasteiger partial charge in [0.25, 0.3) is 0 Å². The van der Waals surface area contributed by atoms with Crippen molar-refractivity contribution in [3.8, 4) is 5.75 Å². The number of hydrogen-bond donors (Lipinski definition) is 1. The molecular weight excluding hydrogens is 295 g/mol. The Morgan fingerprint density at radius 1 is 1.57 bits per heavy atom. The summed E-state index contributed by atoms with van der Waals surface area (Å²) in [5, 5.41) is 8.55. The van der Waals surface area contributed by atoms with Gasteiger partial charge in [-0.1, -0.05) is 12.1 Å². The molecule has 0 aliphatic heterocycles. The number of carbonyl (C=O) groups is 1. The predicted octanol–water partition coefficient (Wildman–Crippen LogP) is 2.53. The molecule has 14 heavy (non-hydrogen) atoms. The highest BCUT2D eigenvalue weighted by atomic mass is 127. The highest BCUT2D eigenvalue weighted by molar-refractivity contribution is 14.1. The van der Waals surface area contributed by atoms with Gasteiger partial charge in [0.05, 0.1) is 9.99 Å². The molecule has 0 aromatic heterocycles. The van der Waals surface area contributed by atoms with Crippen LogP contribution < -0.4 is 4.74 Å². The fourth-order valence-corrected chi connectivity index (χ4v) is 1.56. The van der Waals surface area contributed by atoms with Gasteiger partial charge in [-0.3, -0.25) is 4.79 Å². The third-order valence-corrected chi connectivity index (χ3v) is 2.52. The smallest absolute Gasteiger partial charge is 0.307 e. The fourth-order valence-electron chi connectivity index (χ4n) is 1.04. The molecule has 0 aliphatic carbocycles. The van der Waals surface area contributed by atoms with Crippen molar-refractivity contribution >= 4 is 28.6 Å². The molecule has 76 valence electrons. The Hall–Kier alpha value is -0.780. The number of carboxylic acid groups (broad SMARTS) is 1. The van der Waals surface area contributed by atoms with Crippen molar-refractivity contribution in [2.45, 2.75) is 19.4 Å². The third-order valence-electron chi connectivity index (χ3n) is 1.63. The molecule has 1 aromatic carbocycles. The molecule has 0 fully saturated rings. The van der Waals surface area contributed by atoms with E-state index >= 15 is 0 Å². The minimum atomic E-state index is -0.844. The molecule has 0 radical (unpaired) electrons. The molecule has 0 amide bonds. The molecule has 3 nitrogen and oxygen atoms in total. The lowest BCUT2D eigenvalue weighted by atomic mass is 10.3. The van der Waals surface area contributed by atoms with E-state index in [-0.39, 0.29) is 12.5 Å². The van der Waals surface area contributed by atoms with Crippen LogP contribution in [0.1, 0.15) is 13.3 Å². The van der Waals surface area contributed by atoms with Crippen molar-refractivity contribution in [2.24, 2.45) is 0 Å². The molecule has 1 aromatic rings. The molecular formula is C10H11IO3. The van der Waals surface area contributed by atoms with Crippen LogP contribution in [-0.4, -0.2) is 17.2 Å². The van der Waals surface area contributed by atoms with Crippen LogP contribution in [0.5, 0.6) is 5.75 Å². The summed E-state index contributed by atoms with van der Waals surface area (Å²) in [6.45, 7) is 1.75. The van der Waals surface area contributed by atoms with Crippen molar-refractivity contribution < 1.29 is 14.6 Å². The molecule has 0 aliphatic rings. The van der Waals surface area contributed by atoms with E-state index in [0.29, 0.717) is 0 Å². The number of hydrogen-bond acceptors (Lipinski definition) is 2. The minimum absolute atomic E-state index is 0.0188. The summed E-state index contributed by atoms with van der Waals surface area (Å²) in [5.41, 5.74) is 0. The normalized spacial score (nSPS) is 12.1. The van der Waals surface area contributed by atoms with E-state index in [1.54, 1.807) is 6.92 Å². The lowest BCUT2D eigenvalue weighted by Crippen LogP contribution is -2.16. The Kier molecular flexibility index (Phi) is 4.19. The second-order valence-electron chi connectivity index (χ2n) is 2.96. The first-order valence-corrected chi connectivity index (χ1v) is 5.30. The third kappa shape index (κ3) is 3.53. The zero-order chi connectivity index (χ0) is 10.6. The van der Waals surface area contributed by atoms with Crippen LogP contribution in [-0.2, 0) is 4.79 Å². The van der Waals surface area contributed by atoms with Gasteiger partial charge < -0.3 is 9.84 Å². The summed E-state index contributed by atoms with van der Waals surface area (Å²) >= 11 is 2.15. The van der Waals surface area contributed by atoms with E-state index in [4.69, 9.17) is 9.84 Å². The fraction of sp³-hybridized carbons (Fsp3) is 0.300. The van der Waals surface area contributed by atoms with Crippen LogP contribution in [0.2, 0.25) is 0 Å². The van der Waals surface area contributed by atoms with Gasteiger partial charge in [-0.25, -0.2) is 0 Å². The summed E-state index contributed by atoms with van der Waals surface area (Å²) < 4.78 is 6.46. The van der Waals surface area contributed by atoms with Gasteiger partial charge in [0, 0.05) is 0 Å². The van der Waals surface area contributed by atoms with E-state index in [9.17, 15) is 4.79 Å². The summed E-state index contributed by atoms with van der Waals surface area (Å²) in [6, 6.07) is 7.53. The zero-order valence-electron chi connectivity index (χ0n) is 7.74. The van der Waals surface area contributed by atoms with Gasteiger partial charge in [-0.05, 0) is 41.6 Å². The van der Waals surface area contributed by atoms with Crippen LogP contribution in [0.25, 0.3) is 0 Å². The lowest BCUT2D eigenvalue weighted by Gasteiger charge is -2.13. The number of halogens is 1. The molecule has 0 unspecified atom stereocenters. The first-order chi connectivity index (χ1) is 6.59. The number of aliphatic carboxylic acids is 1. The Bertz CT molecular complexity index is 325. The number of carboxylic acids is 1. The van der Waals surface area contributed by atoms with Crippen molar-refractivity contribution in [3.05, 3.63) is 27.8 Å². The first kappa shape index (κ1) is 11.3. The van der Waals surface area contributed by atoms with Gasteiger partial charge in [-0.15, -0.1) is 0 Å². The monoisotopic (exact) mass is 306 g/mol. The van der Waals surface area contributed by atoms with Crippen molar-refractivity contribution in [2.75, 3.05) is 0 Å². The Morgan fingerprint density at radius 3 is 2.79 bits per heavy atom. The van der Waals surface area contributed by atoms with Gasteiger partial charge in [-0.2, -0.15) is 0 Å². The van der Waals surface area contributed by atoms with E-state index in [2.05, 4.69) is 22.6 Å². The average Bonchev–Trinajstić information content (AvgIpc) is 2.07. The second-order valence-corrected chi connectivity index (χ2v) is 4.12. The van der Waals surface area contributed by atoms with Crippen LogP contribution in [0, 0.1) is 3.57 Å². The molecule has 0 bridgehead atoms. The van der Waals surface area contributed by atoms with Gasteiger partial charge in [0.15, 0.2) is 0 Å². The van der Waals surface area contributed by atoms with Crippen molar-refractivity contribution in [1.29, 1.82) is 0 Å². The van der Waals surface area contributed by atoms with E-state index in [1.807, 2.05) is 24.3 Å². The average molecular weight is 306 g/mol. The Labute approximate surface area is 96.2 Å². The minimum Gasteiger partial charge on any atom is -0.489 e. The topological polar surface area (TPSA) is 46.5 Å². The molecule has 4 heteroatoms. The van der Waals surface area contributed by atoms with Crippen LogP contribution >= 0.6 is 22.6 Å². The van der Waals surface area contributed by atoms with Crippen molar-refractivity contribution in [3.63, 3.8) is 0 Å². The van der Waals surface area contributed by atoms with Crippen LogP contribution in [0.4, 0.5) is 0 Å². The van der Waals surface area contributed by atoms with E-state index < -0.39 is 5.97 Å². The predicted molar refractivity (Wildman–Crippen MR) is 61.5 cm³/mol. The maximum Gasteiger partial charge on any atom is 0.307 e. The van der Waals surface area contributed by atoms with Crippen molar-refractivity contribution in [1.82, 2.24) is 0 Å². The molecule has 1 atom stereocenters. The van der Waals surface area contributed by atoms with Crippen LogP contribution in [0.15, 0.2) is 24.3 Å². The quantitative estimate of drug-likeness (QED) is 0.870.